The molecular weight excluding hydrogens is 703 g/mol. The lowest BCUT2D eigenvalue weighted by Gasteiger charge is -2.28. The van der Waals surface area contributed by atoms with Gasteiger partial charge in [0.05, 0.1) is 31.1 Å². The number of benzene rings is 1. The molecule has 4 fully saturated rings. The van der Waals surface area contributed by atoms with Gasteiger partial charge in [0.15, 0.2) is 5.82 Å². The Balaban J connectivity index is 0.968. The van der Waals surface area contributed by atoms with Crippen molar-refractivity contribution in [3.8, 4) is 33.9 Å². The fourth-order valence-electron chi connectivity index (χ4n) is 7.87. The normalized spacial score (nSPS) is 21.3. The number of carbonyl (C=O) groups is 3. The first-order chi connectivity index (χ1) is 26.0. The number of aromatic nitrogens is 6. The maximum Gasteiger partial charge on any atom is 0.433 e. The van der Waals surface area contributed by atoms with Gasteiger partial charge in [0.25, 0.3) is 0 Å². The minimum absolute atomic E-state index is 0.0181. The molecule has 0 unspecified atom stereocenters. The molecule has 0 radical (unpaired) electrons. The molecule has 8 rings (SSSR count). The SMILES string of the molecule is COC(=O)N[C@H](C(=O)N1CCC[C@H]1c1ncc(-c2cnc(-c3ccc(-c4nc([C@@H]5CCCN5C(=O)[C@@H](C)C5CC5)[nH]c4C(F)(F)F)cc3)nc2)[nH]1)C1CC1. The number of aromatic amines is 2. The smallest absolute Gasteiger partial charge is 0.433 e. The number of imidazole rings is 2. The molecule has 2 saturated heterocycles. The summed E-state index contributed by atoms with van der Waals surface area (Å²) in [6.07, 6.45) is 6.18. The van der Waals surface area contributed by atoms with Crippen LogP contribution < -0.4 is 5.32 Å². The number of ether oxygens (including phenoxy) is 1. The molecule has 4 atom stereocenters. The third kappa shape index (κ3) is 7.05. The van der Waals surface area contributed by atoms with E-state index in [0.29, 0.717) is 60.3 Å². The Kier molecular flexibility index (Phi) is 9.38. The van der Waals surface area contributed by atoms with Crippen LogP contribution in [0.1, 0.15) is 87.7 Å². The third-order valence-electron chi connectivity index (χ3n) is 11.2. The minimum Gasteiger partial charge on any atom is -0.453 e. The number of halogens is 3. The average molecular weight is 746 g/mol. The lowest BCUT2D eigenvalue weighted by Crippen LogP contribution is -2.49. The van der Waals surface area contributed by atoms with Crippen molar-refractivity contribution in [1.82, 2.24) is 45.0 Å². The minimum atomic E-state index is -4.67. The lowest BCUT2D eigenvalue weighted by atomic mass is 10.0. The van der Waals surface area contributed by atoms with Crippen LogP contribution in [0, 0.1) is 17.8 Å². The van der Waals surface area contributed by atoms with Gasteiger partial charge >= 0.3 is 12.3 Å². The maximum atomic E-state index is 14.3. The van der Waals surface area contributed by atoms with E-state index < -0.39 is 30.0 Å². The number of nitrogens with one attached hydrogen (secondary N) is 3. The summed E-state index contributed by atoms with van der Waals surface area (Å²) >= 11 is 0. The van der Waals surface area contributed by atoms with E-state index in [1.165, 1.54) is 7.11 Å². The molecule has 3 aromatic heterocycles. The van der Waals surface area contributed by atoms with Crippen molar-refractivity contribution >= 4 is 17.9 Å². The zero-order valence-corrected chi connectivity index (χ0v) is 30.0. The molecule has 4 aliphatic rings. The highest BCUT2D eigenvalue weighted by Gasteiger charge is 2.44. The van der Waals surface area contributed by atoms with E-state index in [0.717, 1.165) is 38.5 Å². The Morgan fingerprint density at radius 3 is 2.02 bits per heavy atom. The summed E-state index contributed by atoms with van der Waals surface area (Å²) < 4.78 is 47.6. The summed E-state index contributed by atoms with van der Waals surface area (Å²) in [6, 6.07) is 5.02. The highest BCUT2D eigenvalue weighted by atomic mass is 19.4. The predicted molar refractivity (Wildman–Crippen MR) is 189 cm³/mol. The van der Waals surface area contributed by atoms with Crippen LogP contribution in [0.5, 0.6) is 0 Å². The van der Waals surface area contributed by atoms with Gasteiger partial charge in [-0.15, -0.1) is 0 Å². The Morgan fingerprint density at radius 1 is 0.796 bits per heavy atom. The van der Waals surface area contributed by atoms with Crippen LogP contribution in [-0.4, -0.2) is 83.9 Å². The van der Waals surface area contributed by atoms with Crippen molar-refractivity contribution in [3.05, 3.63) is 60.2 Å². The molecule has 1 aromatic carbocycles. The first-order valence-corrected chi connectivity index (χ1v) is 18.6. The van der Waals surface area contributed by atoms with Crippen LogP contribution in [0.3, 0.4) is 0 Å². The molecular formula is C38H42F3N9O4. The van der Waals surface area contributed by atoms with Crippen molar-refractivity contribution in [2.45, 2.75) is 82.6 Å². The van der Waals surface area contributed by atoms with E-state index in [4.69, 9.17) is 4.74 Å². The van der Waals surface area contributed by atoms with E-state index in [1.807, 2.05) is 6.92 Å². The second-order valence-corrected chi connectivity index (χ2v) is 14.9. The van der Waals surface area contributed by atoms with Gasteiger partial charge in [0, 0.05) is 48.1 Å². The number of hydrogen-bond acceptors (Lipinski definition) is 8. The fourth-order valence-corrected chi connectivity index (χ4v) is 7.87. The molecule has 5 heterocycles. The number of H-pyrrole nitrogens is 2. The predicted octanol–water partition coefficient (Wildman–Crippen LogP) is 6.45. The van der Waals surface area contributed by atoms with E-state index in [1.54, 1.807) is 52.7 Å². The molecule has 4 aromatic rings. The first-order valence-electron chi connectivity index (χ1n) is 18.6. The van der Waals surface area contributed by atoms with E-state index in [9.17, 15) is 27.6 Å². The number of methoxy groups -OCH3 is 1. The number of likely N-dealkylation sites (tertiary alicyclic amines) is 2. The second kappa shape index (κ2) is 14.2. The van der Waals surface area contributed by atoms with Crippen molar-refractivity contribution in [2.75, 3.05) is 20.2 Å². The highest BCUT2D eigenvalue weighted by Crippen LogP contribution is 2.43. The van der Waals surface area contributed by atoms with Crippen molar-refractivity contribution in [2.24, 2.45) is 17.8 Å². The van der Waals surface area contributed by atoms with Gasteiger partial charge < -0.3 is 29.8 Å². The van der Waals surface area contributed by atoms with Gasteiger partial charge in [-0.05, 0) is 63.2 Å². The van der Waals surface area contributed by atoms with Gasteiger partial charge in [-0.2, -0.15) is 13.2 Å². The van der Waals surface area contributed by atoms with Crippen LogP contribution in [0.25, 0.3) is 33.9 Å². The maximum absolute atomic E-state index is 14.3. The molecule has 2 saturated carbocycles. The van der Waals surface area contributed by atoms with Gasteiger partial charge in [0.2, 0.25) is 11.8 Å². The Morgan fingerprint density at radius 2 is 1.41 bits per heavy atom. The molecule has 284 valence electrons. The van der Waals surface area contributed by atoms with Crippen molar-refractivity contribution < 1.29 is 32.3 Å². The van der Waals surface area contributed by atoms with Crippen molar-refractivity contribution in [1.29, 1.82) is 0 Å². The van der Waals surface area contributed by atoms with Crippen LogP contribution in [-0.2, 0) is 20.5 Å². The number of hydrogen-bond donors (Lipinski definition) is 3. The van der Waals surface area contributed by atoms with Crippen molar-refractivity contribution in [3.63, 3.8) is 0 Å². The molecule has 0 spiro atoms. The summed E-state index contributed by atoms with van der Waals surface area (Å²) in [5.74, 6) is 1.30. The molecule has 2 aliphatic carbocycles. The summed E-state index contributed by atoms with van der Waals surface area (Å²) in [5, 5.41) is 2.71. The van der Waals surface area contributed by atoms with E-state index >= 15 is 0 Å². The first kappa shape index (κ1) is 35.7. The Bertz CT molecular complexity index is 2020. The lowest BCUT2D eigenvalue weighted by molar-refractivity contribution is -0.140. The van der Waals surface area contributed by atoms with Crippen LogP contribution >= 0.6 is 0 Å². The monoisotopic (exact) mass is 745 g/mol. The molecule has 2 aliphatic heterocycles. The summed E-state index contributed by atoms with van der Waals surface area (Å²) in [7, 11) is 1.28. The number of rotatable bonds is 10. The molecule has 3 amide bonds. The largest absolute Gasteiger partial charge is 0.453 e. The Hall–Kier alpha value is -5.28. The third-order valence-corrected chi connectivity index (χ3v) is 11.2. The summed E-state index contributed by atoms with van der Waals surface area (Å²) in [4.78, 5) is 66.1. The quantitative estimate of drug-likeness (QED) is 0.167. The Labute approximate surface area is 309 Å². The number of alkyl carbamates (subject to hydrolysis) is 1. The zero-order chi connectivity index (χ0) is 37.7. The fraction of sp³-hybridized carbons (Fsp3) is 0.500. The van der Waals surface area contributed by atoms with Gasteiger partial charge in [-0.1, -0.05) is 31.2 Å². The zero-order valence-electron chi connectivity index (χ0n) is 30.0. The molecule has 16 heteroatoms. The van der Waals surface area contributed by atoms with Crippen LogP contribution in [0.15, 0.2) is 42.9 Å². The molecule has 13 nitrogen and oxygen atoms in total. The van der Waals surface area contributed by atoms with Crippen LogP contribution in [0.2, 0.25) is 0 Å². The highest BCUT2D eigenvalue weighted by molar-refractivity contribution is 5.87. The van der Waals surface area contributed by atoms with Crippen LogP contribution in [0.4, 0.5) is 18.0 Å². The number of carbonyl (C=O) groups excluding carboxylic acids is 3. The molecule has 54 heavy (non-hydrogen) atoms. The number of nitrogens with zero attached hydrogens (tertiary/aromatic N) is 6. The summed E-state index contributed by atoms with van der Waals surface area (Å²) in [5.41, 5.74) is 1.06. The molecule has 3 N–H and O–H groups in total. The van der Waals surface area contributed by atoms with Gasteiger partial charge in [-0.25, -0.2) is 24.7 Å². The van der Waals surface area contributed by atoms with E-state index in [-0.39, 0.29) is 46.8 Å². The van der Waals surface area contributed by atoms with Gasteiger partial charge in [-0.3, -0.25) is 9.59 Å². The average Bonchev–Trinajstić information content (AvgIpc) is 3.92. The second-order valence-electron chi connectivity index (χ2n) is 14.9. The number of amides is 3. The molecule has 0 bridgehead atoms. The topological polar surface area (TPSA) is 162 Å². The standard InChI is InChI=1S/C38H42F3N9O4/c1-20(21-7-8-21)35(51)49-15-4-6-28(49)34-46-29(31(48-34)38(39,40)41)22-11-13-24(14-12-22)32-42-17-25(18-43-32)26-19-44-33(45-26)27-5-3-16-50(27)36(52)30(23-9-10-23)47-37(53)54-2/h11-14,17-21,23,27-28,30H,3-10,15-16H2,1-2H3,(H,44,45)(H,46,48)(H,47,53)/t20-,27-,28-,30-/m0/s1. The van der Waals surface area contributed by atoms with E-state index in [2.05, 4.69) is 35.2 Å². The van der Waals surface area contributed by atoms with Gasteiger partial charge in [0.1, 0.15) is 29.1 Å². The summed E-state index contributed by atoms with van der Waals surface area (Å²) in [6.45, 7) is 2.97. The number of alkyl halides is 3.